The Balaban J connectivity index is 1.60. The van der Waals surface area contributed by atoms with Crippen molar-refractivity contribution in [1.29, 1.82) is 0 Å². The third-order valence-electron chi connectivity index (χ3n) is 5.25. The predicted molar refractivity (Wildman–Crippen MR) is 107 cm³/mol. The van der Waals surface area contributed by atoms with Crippen molar-refractivity contribution in [3.05, 3.63) is 34.9 Å². The van der Waals surface area contributed by atoms with Gasteiger partial charge in [-0.3, -0.25) is 9.59 Å². The van der Waals surface area contributed by atoms with E-state index in [-0.39, 0.29) is 17.9 Å². The van der Waals surface area contributed by atoms with Crippen LogP contribution in [0.2, 0.25) is 5.02 Å². The van der Waals surface area contributed by atoms with Crippen molar-refractivity contribution in [2.24, 2.45) is 5.92 Å². The fourth-order valence-corrected chi connectivity index (χ4v) is 4.88. The maximum absolute atomic E-state index is 13.0. The van der Waals surface area contributed by atoms with Crippen LogP contribution >= 0.6 is 23.4 Å². The molecule has 2 amide bonds. The minimum absolute atomic E-state index is 0.0890. The van der Waals surface area contributed by atoms with Gasteiger partial charge in [-0.15, -0.1) is 11.8 Å². The second kappa shape index (κ2) is 9.11. The molecule has 7 heteroatoms. The third kappa shape index (κ3) is 4.53. The predicted octanol–water partition coefficient (Wildman–Crippen LogP) is 2.70. The van der Waals surface area contributed by atoms with Gasteiger partial charge in [0.15, 0.2) is 0 Å². The fraction of sp³-hybridized carbons (Fsp3) is 0.579. The van der Waals surface area contributed by atoms with Crippen LogP contribution in [0.5, 0.6) is 0 Å². The zero-order valence-corrected chi connectivity index (χ0v) is 16.7. The minimum Gasteiger partial charge on any atom is -0.341 e. The van der Waals surface area contributed by atoms with Gasteiger partial charge in [-0.1, -0.05) is 11.6 Å². The Labute approximate surface area is 164 Å². The molecular weight excluding hydrogens is 370 g/mol. The molecule has 26 heavy (non-hydrogen) atoms. The number of nitrogens with one attached hydrogen (secondary N) is 1. The molecule has 142 valence electrons. The number of carbonyl (C=O) groups is 2. The molecule has 1 N–H and O–H groups in total. The molecule has 2 aliphatic heterocycles. The average molecular weight is 396 g/mol. The monoisotopic (exact) mass is 395 g/mol. The summed E-state index contributed by atoms with van der Waals surface area (Å²) in [6, 6.07) is 6.53. The molecule has 2 heterocycles. The van der Waals surface area contributed by atoms with Crippen LogP contribution < -0.4 is 5.32 Å². The molecule has 0 aliphatic carbocycles. The zero-order chi connectivity index (χ0) is 18.5. The summed E-state index contributed by atoms with van der Waals surface area (Å²) in [7, 11) is 1.97. The number of hydrogen-bond acceptors (Lipinski definition) is 4. The summed E-state index contributed by atoms with van der Waals surface area (Å²) in [5.74, 6) is 1.95. The molecule has 0 spiro atoms. The lowest BCUT2D eigenvalue weighted by molar-refractivity contribution is -0.136. The maximum Gasteiger partial charge on any atom is 0.255 e. The van der Waals surface area contributed by atoms with Crippen molar-refractivity contribution in [2.45, 2.75) is 25.3 Å². The van der Waals surface area contributed by atoms with Crippen LogP contribution in [-0.4, -0.2) is 66.0 Å². The molecule has 0 aromatic heterocycles. The van der Waals surface area contributed by atoms with Crippen LogP contribution in [0, 0.1) is 5.92 Å². The van der Waals surface area contributed by atoms with E-state index in [9.17, 15) is 9.59 Å². The lowest BCUT2D eigenvalue weighted by atomic mass is 9.93. The smallest absolute Gasteiger partial charge is 0.255 e. The number of hydrogen-bond donors (Lipinski definition) is 1. The van der Waals surface area contributed by atoms with Gasteiger partial charge < -0.3 is 15.1 Å². The number of nitrogens with zero attached hydrogens (tertiary/aromatic N) is 2. The second-order valence-corrected chi connectivity index (χ2v) is 8.39. The highest BCUT2D eigenvalue weighted by Crippen LogP contribution is 2.27. The van der Waals surface area contributed by atoms with Crippen molar-refractivity contribution in [3.8, 4) is 0 Å². The summed E-state index contributed by atoms with van der Waals surface area (Å²) >= 11 is 7.55. The van der Waals surface area contributed by atoms with Crippen LogP contribution in [0.4, 0.5) is 0 Å². The summed E-state index contributed by atoms with van der Waals surface area (Å²) in [5, 5.41) is 3.80. The Morgan fingerprint density at radius 2 is 1.92 bits per heavy atom. The number of piperidine rings is 1. The summed E-state index contributed by atoms with van der Waals surface area (Å²) in [6.45, 7) is 2.63. The van der Waals surface area contributed by atoms with E-state index in [1.165, 1.54) is 6.42 Å². The first-order valence-corrected chi connectivity index (χ1v) is 10.7. The Morgan fingerprint density at radius 1 is 1.23 bits per heavy atom. The molecule has 1 atom stereocenters. The number of likely N-dealkylation sites (tertiary alicyclic amines) is 1. The van der Waals surface area contributed by atoms with Gasteiger partial charge in [-0.2, -0.15) is 0 Å². The summed E-state index contributed by atoms with van der Waals surface area (Å²) in [6.07, 6.45) is 3.27. The van der Waals surface area contributed by atoms with E-state index in [2.05, 4.69) is 5.32 Å². The van der Waals surface area contributed by atoms with Gasteiger partial charge in [-0.25, -0.2) is 0 Å². The summed E-state index contributed by atoms with van der Waals surface area (Å²) in [5.41, 5.74) is 0.584. The van der Waals surface area contributed by atoms with Crippen LogP contribution in [0.1, 0.15) is 29.6 Å². The van der Waals surface area contributed by atoms with Gasteiger partial charge in [0.05, 0.1) is 5.88 Å². The Morgan fingerprint density at radius 3 is 2.58 bits per heavy atom. The number of rotatable bonds is 5. The van der Waals surface area contributed by atoms with Gasteiger partial charge in [0.2, 0.25) is 5.91 Å². The first-order chi connectivity index (χ1) is 12.6. The van der Waals surface area contributed by atoms with Crippen molar-refractivity contribution < 1.29 is 9.59 Å². The second-order valence-electron chi connectivity index (χ2n) is 6.96. The number of carbonyl (C=O) groups excluding carboxylic acids is 2. The maximum atomic E-state index is 13.0. The lowest BCUT2D eigenvalue weighted by Crippen LogP contribution is -2.51. The van der Waals surface area contributed by atoms with Crippen LogP contribution in [-0.2, 0) is 4.79 Å². The van der Waals surface area contributed by atoms with E-state index in [4.69, 9.17) is 11.6 Å². The Bertz CT molecular complexity index is 632. The number of amides is 2. The van der Waals surface area contributed by atoms with E-state index < -0.39 is 0 Å². The molecular formula is C19H26ClN3O2S. The molecule has 1 aromatic carbocycles. The fourth-order valence-electron chi connectivity index (χ4n) is 3.61. The van der Waals surface area contributed by atoms with E-state index >= 15 is 0 Å². The molecule has 2 aliphatic rings. The van der Waals surface area contributed by atoms with Crippen molar-refractivity contribution in [1.82, 2.24) is 15.1 Å². The van der Waals surface area contributed by atoms with E-state index in [0.29, 0.717) is 28.1 Å². The van der Waals surface area contributed by atoms with Crippen molar-refractivity contribution >= 4 is 35.2 Å². The first-order valence-electron chi connectivity index (χ1n) is 9.18. The first kappa shape index (κ1) is 19.5. The molecule has 3 rings (SSSR count). The quantitative estimate of drug-likeness (QED) is 0.832. The van der Waals surface area contributed by atoms with Gasteiger partial charge in [-0.05, 0) is 63.0 Å². The molecule has 0 radical (unpaired) electrons. The highest BCUT2D eigenvalue weighted by atomic mass is 35.5. The highest BCUT2D eigenvalue weighted by molar-refractivity contribution is 7.99. The van der Waals surface area contributed by atoms with E-state index in [1.54, 1.807) is 40.9 Å². The van der Waals surface area contributed by atoms with Gasteiger partial charge >= 0.3 is 0 Å². The number of benzene rings is 1. The number of halogens is 1. The molecule has 2 fully saturated rings. The molecule has 1 unspecified atom stereocenters. The van der Waals surface area contributed by atoms with Crippen LogP contribution in [0.3, 0.4) is 0 Å². The van der Waals surface area contributed by atoms with Gasteiger partial charge in [0.25, 0.3) is 5.91 Å². The van der Waals surface area contributed by atoms with Crippen LogP contribution in [0.25, 0.3) is 0 Å². The molecule has 1 aromatic rings. The van der Waals surface area contributed by atoms with Crippen molar-refractivity contribution in [3.63, 3.8) is 0 Å². The summed E-state index contributed by atoms with van der Waals surface area (Å²) < 4.78 is 0. The Hall–Kier alpha value is -1.24. The normalized spacial score (nSPS) is 21.2. The summed E-state index contributed by atoms with van der Waals surface area (Å²) in [4.78, 5) is 29.5. The molecule has 0 bridgehead atoms. The molecule has 5 nitrogen and oxygen atoms in total. The van der Waals surface area contributed by atoms with E-state index in [1.807, 2.05) is 11.9 Å². The Kier molecular flexibility index (Phi) is 6.84. The van der Waals surface area contributed by atoms with Crippen LogP contribution in [0.15, 0.2) is 24.3 Å². The molecule has 2 saturated heterocycles. The lowest BCUT2D eigenvalue weighted by Gasteiger charge is -2.35. The van der Waals surface area contributed by atoms with Gasteiger partial charge in [0, 0.05) is 29.4 Å². The molecule has 0 saturated carbocycles. The largest absolute Gasteiger partial charge is 0.341 e. The van der Waals surface area contributed by atoms with Crippen molar-refractivity contribution in [2.75, 3.05) is 38.3 Å². The van der Waals surface area contributed by atoms with Gasteiger partial charge in [0.1, 0.15) is 6.04 Å². The number of thioether (sulfide) groups is 1. The zero-order valence-electron chi connectivity index (χ0n) is 15.1. The van der Waals surface area contributed by atoms with E-state index in [0.717, 1.165) is 32.5 Å². The highest BCUT2D eigenvalue weighted by Gasteiger charge is 2.38. The standard InChI is InChI=1S/C19H26ClN3O2S/c1-21-9-6-14-7-10-22(11-8-14)19(25)17-12-26-13-23(17)18(24)15-2-4-16(20)5-3-15/h2-5,14,17,21H,6-13H2,1H3. The SMILES string of the molecule is CNCCC1CCN(C(=O)C2CSCN2C(=O)c2ccc(Cl)cc2)CC1. The third-order valence-corrected chi connectivity index (χ3v) is 6.51. The topological polar surface area (TPSA) is 52.7 Å². The average Bonchev–Trinajstić information content (AvgIpc) is 3.16. The minimum atomic E-state index is -0.350.